The average Bonchev–Trinajstić information content (AvgIpc) is 2.77. The van der Waals surface area contributed by atoms with Crippen LogP contribution >= 0.6 is 0 Å². The van der Waals surface area contributed by atoms with Crippen molar-refractivity contribution in [3.8, 4) is 5.75 Å². The molecule has 35 heavy (non-hydrogen) atoms. The maximum Gasteiger partial charge on any atom is 0.255 e. The highest BCUT2D eigenvalue weighted by atomic mass is 19.1. The van der Waals surface area contributed by atoms with Gasteiger partial charge in [-0.1, -0.05) is 0 Å². The summed E-state index contributed by atoms with van der Waals surface area (Å²) >= 11 is 0. The van der Waals surface area contributed by atoms with Crippen LogP contribution in [0, 0.1) is 11.8 Å². The number of nitrogens with two attached hydrogens (primary N) is 1. The van der Waals surface area contributed by atoms with Crippen molar-refractivity contribution in [1.29, 1.82) is 0 Å². The quantitative estimate of drug-likeness (QED) is 0.257. The molecule has 0 spiro atoms. The van der Waals surface area contributed by atoms with E-state index >= 15 is 0 Å². The van der Waals surface area contributed by atoms with Gasteiger partial charge in [0, 0.05) is 17.2 Å². The third kappa shape index (κ3) is 3.41. The van der Waals surface area contributed by atoms with Crippen molar-refractivity contribution < 1.29 is 39.2 Å². The van der Waals surface area contributed by atoms with E-state index in [9.17, 15) is 39.2 Å². The number of aliphatic hydroxyl groups is 3. The summed E-state index contributed by atoms with van der Waals surface area (Å²) in [6.45, 7) is 0.953. The monoisotopic (exact) mass is 489 g/mol. The molecular weight excluding hydrogens is 461 g/mol. The Hall–Kier alpha value is -3.44. The van der Waals surface area contributed by atoms with Crippen LogP contribution in [0.1, 0.15) is 24.5 Å². The number of aliphatic hydroxyl groups excluding tert-OH is 2. The molecule has 4 rings (SSSR count). The lowest BCUT2D eigenvalue weighted by Gasteiger charge is -2.50. The molecule has 0 heterocycles. The Morgan fingerprint density at radius 1 is 1.29 bits per heavy atom. The molecule has 7 N–H and O–H groups in total. The molecule has 0 bridgehead atoms. The number of hydrogen-bond donors (Lipinski definition) is 6. The fourth-order valence-corrected chi connectivity index (χ4v) is 5.68. The van der Waals surface area contributed by atoms with Crippen molar-refractivity contribution in [2.24, 2.45) is 17.6 Å². The Morgan fingerprint density at radius 2 is 1.94 bits per heavy atom. The van der Waals surface area contributed by atoms with Crippen molar-refractivity contribution in [3.05, 3.63) is 40.2 Å². The van der Waals surface area contributed by atoms with Crippen molar-refractivity contribution in [3.63, 3.8) is 0 Å². The van der Waals surface area contributed by atoms with E-state index in [1.54, 1.807) is 13.0 Å². The molecule has 0 aliphatic heterocycles. The van der Waals surface area contributed by atoms with Gasteiger partial charge in [0.15, 0.2) is 11.4 Å². The first kappa shape index (κ1) is 24.7. The normalized spacial score (nSPS) is 29.0. The number of benzene rings is 1. The minimum atomic E-state index is -2.68. The number of carbonyl (C=O) groups excluding carboxylic acids is 3. The second-order valence-corrected chi connectivity index (χ2v) is 9.65. The van der Waals surface area contributed by atoms with Gasteiger partial charge in [0.1, 0.15) is 29.5 Å². The van der Waals surface area contributed by atoms with E-state index in [4.69, 9.17) is 5.73 Å². The lowest BCUT2D eigenvalue weighted by molar-refractivity contribution is -0.153. The van der Waals surface area contributed by atoms with Gasteiger partial charge in [0.25, 0.3) is 5.91 Å². The molecule has 2 unspecified atom stereocenters. The van der Waals surface area contributed by atoms with E-state index in [1.807, 2.05) is 0 Å². The van der Waals surface area contributed by atoms with Crippen molar-refractivity contribution in [2.45, 2.75) is 37.5 Å². The van der Waals surface area contributed by atoms with Crippen LogP contribution < -0.4 is 11.1 Å². The Kier molecular flexibility index (Phi) is 5.89. The minimum absolute atomic E-state index is 0.0144. The van der Waals surface area contributed by atoms with Gasteiger partial charge in [-0.2, -0.15) is 0 Å². The summed E-state index contributed by atoms with van der Waals surface area (Å²) in [6.07, 6.45) is 0.115. The van der Waals surface area contributed by atoms with E-state index < -0.39 is 70.8 Å². The van der Waals surface area contributed by atoms with Gasteiger partial charge in [-0.3, -0.25) is 19.3 Å². The van der Waals surface area contributed by atoms with Gasteiger partial charge in [0.05, 0.1) is 17.6 Å². The number of rotatable bonds is 5. The van der Waals surface area contributed by atoms with Crippen LogP contribution in [0.15, 0.2) is 29.0 Å². The predicted octanol–water partition coefficient (Wildman–Crippen LogP) is 0.734. The number of nitrogens with one attached hydrogen (secondary N) is 1. The summed E-state index contributed by atoms with van der Waals surface area (Å²) in [6, 6.07) is 1.12. The number of alkyl halides is 1. The van der Waals surface area contributed by atoms with Gasteiger partial charge in [-0.05, 0) is 57.5 Å². The van der Waals surface area contributed by atoms with Gasteiger partial charge in [-0.25, -0.2) is 4.39 Å². The number of Topliss-reactive ketones (excluding diaryl/α,β-unsaturated/α-hetero) is 2. The Labute approximate surface area is 200 Å². The summed E-state index contributed by atoms with van der Waals surface area (Å²) < 4.78 is 13.1. The highest BCUT2D eigenvalue weighted by Gasteiger charge is 2.64. The number of phenolic OH excluding ortho intramolecular Hbond substituents is 1. The molecule has 0 saturated heterocycles. The molecule has 1 aromatic rings. The number of aromatic hydroxyl groups is 1. The average molecular weight is 490 g/mol. The summed E-state index contributed by atoms with van der Waals surface area (Å²) in [4.78, 5) is 40.2. The lowest BCUT2D eigenvalue weighted by atomic mass is 9.57. The largest absolute Gasteiger partial charge is 0.508 e. The maximum atomic E-state index is 13.7. The second kappa shape index (κ2) is 8.35. The number of likely N-dealkylation sites (N-methyl/N-ethyl adjacent to an activating group) is 1. The number of primary amides is 1. The fourth-order valence-electron chi connectivity index (χ4n) is 5.68. The third-order valence-corrected chi connectivity index (χ3v) is 7.24. The summed E-state index contributed by atoms with van der Waals surface area (Å²) in [5.74, 6) is -7.07. The Morgan fingerprint density at radius 3 is 2.51 bits per heavy atom. The summed E-state index contributed by atoms with van der Waals surface area (Å²) in [7, 11) is 3.07. The van der Waals surface area contributed by atoms with Crippen LogP contribution in [0.3, 0.4) is 0 Å². The van der Waals surface area contributed by atoms with Crippen LogP contribution in [0.2, 0.25) is 0 Å². The molecule has 10 nitrogen and oxygen atoms in total. The highest BCUT2D eigenvalue weighted by molar-refractivity contribution is 6.24. The van der Waals surface area contributed by atoms with E-state index in [-0.39, 0.29) is 29.7 Å². The number of anilines is 1. The van der Waals surface area contributed by atoms with Crippen LogP contribution in [0.4, 0.5) is 10.1 Å². The fraction of sp³-hybridized carbons (Fsp3) is 0.458. The smallest absolute Gasteiger partial charge is 0.255 e. The van der Waals surface area contributed by atoms with E-state index in [0.29, 0.717) is 11.3 Å². The molecule has 3 aliphatic carbocycles. The zero-order valence-corrected chi connectivity index (χ0v) is 19.5. The first-order valence-electron chi connectivity index (χ1n) is 11.2. The number of carbonyl (C=O) groups is 3. The Balaban J connectivity index is 1.94. The zero-order valence-electron chi connectivity index (χ0n) is 19.5. The van der Waals surface area contributed by atoms with Crippen LogP contribution in [-0.2, 0) is 20.8 Å². The number of fused-ring (bicyclic) bond motifs is 3. The van der Waals surface area contributed by atoms with Crippen molar-refractivity contribution in [1.82, 2.24) is 4.90 Å². The molecule has 1 aromatic carbocycles. The molecule has 3 aliphatic rings. The second-order valence-electron chi connectivity index (χ2n) is 9.65. The number of nitrogens with zero attached hydrogens (tertiary/aromatic N) is 1. The number of ketones is 2. The number of phenols is 1. The first-order chi connectivity index (χ1) is 16.4. The van der Waals surface area contributed by atoms with Gasteiger partial charge in [0.2, 0.25) is 5.78 Å². The van der Waals surface area contributed by atoms with Gasteiger partial charge >= 0.3 is 0 Å². The van der Waals surface area contributed by atoms with E-state index in [1.165, 1.54) is 25.1 Å². The van der Waals surface area contributed by atoms with Crippen molar-refractivity contribution >= 4 is 28.9 Å². The molecule has 5 atom stereocenters. The summed E-state index contributed by atoms with van der Waals surface area (Å²) in [5.41, 5.74) is 2.40. The van der Waals surface area contributed by atoms with E-state index in [2.05, 4.69) is 5.32 Å². The molecular formula is C24H28FN3O7. The third-order valence-electron chi connectivity index (χ3n) is 7.24. The standard InChI is InChI=1S/C24H28FN3O7/c1-9(8-25)27-13-4-5-14(29)16-11(13)6-10-7-12-18(28(2)3)20(31)17(23(26)34)22(33)24(12,35)21(32)15(10)19(16)30/h4-5,9-10,12,18,27,29-30,33,35H,6-8H2,1-3H3,(H2,26,34)/t9?,10-,12-,18?,24+/m0/s1. The SMILES string of the molecule is CC(CF)Nc1ccc(O)c2c1C[C@H]1C[C@H]3C(N(C)C)C(=O)C(C(N)=O)=C(O)[C@]3(O)C(=O)C1=C2O. The van der Waals surface area contributed by atoms with Gasteiger partial charge < -0.3 is 31.5 Å². The number of amides is 1. The van der Waals surface area contributed by atoms with E-state index in [0.717, 1.165) is 0 Å². The van der Waals surface area contributed by atoms with Crippen LogP contribution in [0.25, 0.3) is 5.76 Å². The molecule has 188 valence electrons. The van der Waals surface area contributed by atoms with Gasteiger partial charge in [-0.15, -0.1) is 0 Å². The minimum Gasteiger partial charge on any atom is -0.508 e. The first-order valence-corrected chi connectivity index (χ1v) is 11.2. The highest BCUT2D eigenvalue weighted by Crippen LogP contribution is 2.53. The zero-order chi connectivity index (χ0) is 26.0. The molecule has 1 amide bonds. The topological polar surface area (TPSA) is 173 Å². The molecule has 1 saturated carbocycles. The predicted molar refractivity (Wildman–Crippen MR) is 123 cm³/mol. The Bertz CT molecular complexity index is 1210. The molecule has 0 radical (unpaired) electrons. The number of hydrogen-bond acceptors (Lipinski definition) is 9. The lowest BCUT2D eigenvalue weighted by Crippen LogP contribution is -2.65. The van der Waals surface area contributed by atoms with Crippen LogP contribution in [-0.4, -0.2) is 81.3 Å². The number of halogens is 1. The van der Waals surface area contributed by atoms with Crippen molar-refractivity contribution in [2.75, 3.05) is 26.1 Å². The molecule has 0 aromatic heterocycles. The molecule has 1 fully saturated rings. The maximum absolute atomic E-state index is 13.7. The van der Waals surface area contributed by atoms with Crippen LogP contribution in [0.5, 0.6) is 5.75 Å². The molecule has 11 heteroatoms. The summed E-state index contributed by atoms with van der Waals surface area (Å²) in [5, 5.41) is 47.0.